The van der Waals surface area contributed by atoms with Crippen LogP contribution >= 0.6 is 10.7 Å². The Labute approximate surface area is 125 Å². The van der Waals surface area contributed by atoms with Crippen LogP contribution in [0.2, 0.25) is 0 Å². The van der Waals surface area contributed by atoms with Crippen molar-refractivity contribution < 1.29 is 26.7 Å². The SMILES string of the molecule is COCCCN(C)C(=O)c1cc(F)c(F)cc1S(=O)(=O)Cl. The lowest BCUT2D eigenvalue weighted by molar-refractivity contribution is 0.0775. The van der Waals surface area contributed by atoms with Crippen LogP contribution in [-0.4, -0.2) is 46.5 Å². The summed E-state index contributed by atoms with van der Waals surface area (Å²) in [5.74, 6) is -3.50. The summed E-state index contributed by atoms with van der Waals surface area (Å²) < 4.78 is 54.0. The normalized spacial score (nSPS) is 11.5. The van der Waals surface area contributed by atoms with Gasteiger partial charge < -0.3 is 9.64 Å². The van der Waals surface area contributed by atoms with Gasteiger partial charge in [0.25, 0.3) is 15.0 Å². The van der Waals surface area contributed by atoms with Crippen molar-refractivity contribution in [2.75, 3.05) is 27.3 Å². The zero-order chi connectivity index (χ0) is 16.2. The highest BCUT2D eigenvalue weighted by molar-refractivity contribution is 8.13. The fraction of sp³-hybridized carbons (Fsp3) is 0.417. The van der Waals surface area contributed by atoms with Crippen LogP contribution in [0.5, 0.6) is 0 Å². The smallest absolute Gasteiger partial charge is 0.262 e. The number of halogens is 3. The minimum Gasteiger partial charge on any atom is -0.385 e. The molecule has 0 aliphatic heterocycles. The third kappa shape index (κ3) is 4.62. The fourth-order valence-electron chi connectivity index (χ4n) is 1.65. The maximum Gasteiger partial charge on any atom is 0.262 e. The Hall–Kier alpha value is -1.25. The van der Waals surface area contributed by atoms with Crippen molar-refractivity contribution in [3.05, 3.63) is 29.3 Å². The Balaban J connectivity index is 3.17. The van der Waals surface area contributed by atoms with Crippen LogP contribution in [0.1, 0.15) is 16.8 Å². The number of ether oxygens (including phenoxy) is 1. The quantitative estimate of drug-likeness (QED) is 0.586. The maximum absolute atomic E-state index is 13.3. The van der Waals surface area contributed by atoms with Gasteiger partial charge in [-0.1, -0.05) is 0 Å². The van der Waals surface area contributed by atoms with Gasteiger partial charge in [0.15, 0.2) is 11.6 Å². The fourth-order valence-corrected chi connectivity index (χ4v) is 2.69. The van der Waals surface area contributed by atoms with E-state index in [1.807, 2.05) is 0 Å². The molecule has 0 saturated heterocycles. The van der Waals surface area contributed by atoms with Crippen LogP contribution in [0.4, 0.5) is 8.78 Å². The van der Waals surface area contributed by atoms with E-state index in [-0.39, 0.29) is 6.54 Å². The molecule has 21 heavy (non-hydrogen) atoms. The number of hydrogen-bond acceptors (Lipinski definition) is 4. The van der Waals surface area contributed by atoms with Crippen molar-refractivity contribution >= 4 is 25.6 Å². The van der Waals surface area contributed by atoms with Gasteiger partial charge in [-0.15, -0.1) is 0 Å². The highest BCUT2D eigenvalue weighted by atomic mass is 35.7. The first-order valence-corrected chi connectivity index (χ1v) is 8.17. The molecule has 118 valence electrons. The number of nitrogens with zero attached hydrogens (tertiary/aromatic N) is 1. The third-order valence-electron chi connectivity index (χ3n) is 2.70. The molecule has 0 N–H and O–H groups in total. The molecule has 0 radical (unpaired) electrons. The molecule has 0 heterocycles. The van der Waals surface area contributed by atoms with E-state index in [1.54, 1.807) is 0 Å². The summed E-state index contributed by atoms with van der Waals surface area (Å²) in [6.45, 7) is 0.656. The van der Waals surface area contributed by atoms with Gasteiger partial charge in [0.2, 0.25) is 0 Å². The second kappa shape index (κ2) is 7.15. The number of carbonyl (C=O) groups excluding carboxylic acids is 1. The summed E-state index contributed by atoms with van der Waals surface area (Å²) in [5.41, 5.74) is -0.510. The summed E-state index contributed by atoms with van der Waals surface area (Å²) in [7, 11) is 3.67. The summed E-state index contributed by atoms with van der Waals surface area (Å²) in [6, 6.07) is 0.924. The van der Waals surface area contributed by atoms with E-state index in [1.165, 1.54) is 19.1 Å². The van der Waals surface area contributed by atoms with Gasteiger partial charge in [-0.2, -0.15) is 0 Å². The van der Waals surface area contributed by atoms with Crippen LogP contribution in [0.25, 0.3) is 0 Å². The predicted octanol–water partition coefficient (Wildman–Crippen LogP) is 2.00. The molecule has 0 fully saturated rings. The predicted molar refractivity (Wildman–Crippen MR) is 72.9 cm³/mol. The van der Waals surface area contributed by atoms with Crippen molar-refractivity contribution in [2.45, 2.75) is 11.3 Å². The van der Waals surface area contributed by atoms with Gasteiger partial charge >= 0.3 is 0 Å². The second-order valence-corrected chi connectivity index (χ2v) is 6.81. The number of carbonyl (C=O) groups is 1. The number of rotatable bonds is 6. The van der Waals surface area contributed by atoms with Gasteiger partial charge in [0, 0.05) is 38.0 Å². The lowest BCUT2D eigenvalue weighted by Gasteiger charge is -2.18. The molecule has 0 bridgehead atoms. The highest BCUT2D eigenvalue weighted by Crippen LogP contribution is 2.24. The van der Waals surface area contributed by atoms with E-state index in [4.69, 9.17) is 15.4 Å². The topological polar surface area (TPSA) is 63.7 Å². The van der Waals surface area contributed by atoms with E-state index in [9.17, 15) is 22.0 Å². The van der Waals surface area contributed by atoms with Gasteiger partial charge in [-0.25, -0.2) is 17.2 Å². The molecule has 0 aliphatic rings. The maximum atomic E-state index is 13.3. The first-order chi connectivity index (χ1) is 9.68. The number of methoxy groups -OCH3 is 1. The molecule has 0 saturated carbocycles. The van der Waals surface area contributed by atoms with Gasteiger partial charge in [-0.3, -0.25) is 4.79 Å². The standard InChI is InChI=1S/C12H14ClF2NO4S/c1-16(4-3-5-20-2)12(17)8-6-9(14)10(15)7-11(8)21(13,18)19/h6-7H,3-5H2,1-2H3. The van der Waals surface area contributed by atoms with Crippen LogP contribution < -0.4 is 0 Å². The average Bonchev–Trinajstić information content (AvgIpc) is 2.39. The molecule has 0 atom stereocenters. The zero-order valence-corrected chi connectivity index (χ0v) is 13.0. The van der Waals surface area contributed by atoms with Crippen molar-refractivity contribution in [1.82, 2.24) is 4.90 Å². The first-order valence-electron chi connectivity index (χ1n) is 5.86. The van der Waals surface area contributed by atoms with Crippen LogP contribution in [0, 0.1) is 11.6 Å². The second-order valence-electron chi connectivity index (χ2n) is 4.27. The minimum absolute atomic E-state index is 0.257. The molecule has 0 aliphatic carbocycles. The molecule has 1 aromatic carbocycles. The summed E-state index contributed by atoms with van der Waals surface area (Å²) in [4.78, 5) is 12.6. The summed E-state index contributed by atoms with van der Waals surface area (Å²) in [6.07, 6.45) is 0.505. The largest absolute Gasteiger partial charge is 0.385 e. The van der Waals surface area contributed by atoms with E-state index >= 15 is 0 Å². The Morgan fingerprint density at radius 3 is 2.43 bits per heavy atom. The molecule has 1 rings (SSSR count). The van der Waals surface area contributed by atoms with Gasteiger partial charge in [0.1, 0.15) is 0 Å². The lowest BCUT2D eigenvalue weighted by atomic mass is 10.2. The molecule has 5 nitrogen and oxygen atoms in total. The monoisotopic (exact) mass is 341 g/mol. The van der Waals surface area contributed by atoms with Crippen LogP contribution in [0.15, 0.2) is 17.0 Å². The molecule has 0 unspecified atom stereocenters. The Morgan fingerprint density at radius 1 is 1.33 bits per heavy atom. The van der Waals surface area contributed by atoms with Gasteiger partial charge in [0.05, 0.1) is 10.5 Å². The van der Waals surface area contributed by atoms with Crippen LogP contribution in [0.3, 0.4) is 0 Å². The number of benzene rings is 1. The molecular weight excluding hydrogens is 328 g/mol. The van der Waals surface area contributed by atoms with Crippen molar-refractivity contribution in [3.8, 4) is 0 Å². The van der Waals surface area contributed by atoms with E-state index in [0.717, 1.165) is 0 Å². The zero-order valence-electron chi connectivity index (χ0n) is 11.4. The van der Waals surface area contributed by atoms with Crippen LogP contribution in [-0.2, 0) is 13.8 Å². The molecule has 0 aromatic heterocycles. The van der Waals surface area contributed by atoms with Crippen molar-refractivity contribution in [2.24, 2.45) is 0 Å². The average molecular weight is 342 g/mol. The Kier molecular flexibility index (Phi) is 6.06. The Bertz CT molecular complexity index is 636. The molecule has 9 heteroatoms. The number of amides is 1. The molecule has 1 aromatic rings. The van der Waals surface area contributed by atoms with E-state index in [2.05, 4.69) is 0 Å². The first kappa shape index (κ1) is 17.8. The summed E-state index contributed by atoms with van der Waals surface area (Å²) >= 11 is 0. The molecule has 0 spiro atoms. The molecule has 1 amide bonds. The minimum atomic E-state index is -4.38. The molecular formula is C12H14ClF2NO4S. The van der Waals surface area contributed by atoms with Crippen molar-refractivity contribution in [3.63, 3.8) is 0 Å². The summed E-state index contributed by atoms with van der Waals surface area (Å²) in [5, 5.41) is 0. The lowest BCUT2D eigenvalue weighted by Crippen LogP contribution is -2.29. The Morgan fingerprint density at radius 2 is 1.90 bits per heavy atom. The third-order valence-corrected chi connectivity index (χ3v) is 4.07. The highest BCUT2D eigenvalue weighted by Gasteiger charge is 2.25. The van der Waals surface area contributed by atoms with E-state index < -0.39 is 37.1 Å². The van der Waals surface area contributed by atoms with E-state index in [0.29, 0.717) is 25.2 Å². The van der Waals surface area contributed by atoms with Gasteiger partial charge in [-0.05, 0) is 18.6 Å². The number of hydrogen-bond donors (Lipinski definition) is 0. The van der Waals surface area contributed by atoms with Crippen molar-refractivity contribution in [1.29, 1.82) is 0 Å².